The lowest BCUT2D eigenvalue weighted by Gasteiger charge is -2.42. The van der Waals surface area contributed by atoms with Gasteiger partial charge < -0.3 is 50.2 Å². The van der Waals surface area contributed by atoms with Crippen molar-refractivity contribution in [2.75, 3.05) is 53.3 Å². The van der Waals surface area contributed by atoms with Crippen LogP contribution in [-0.2, 0) is 38.2 Å². The van der Waals surface area contributed by atoms with Crippen LogP contribution in [0.5, 0.6) is 0 Å². The van der Waals surface area contributed by atoms with Crippen LogP contribution in [0.3, 0.4) is 0 Å². The summed E-state index contributed by atoms with van der Waals surface area (Å²) < 4.78 is 13.7. The summed E-state index contributed by atoms with van der Waals surface area (Å²) in [6, 6.07) is -1.23. The van der Waals surface area contributed by atoms with Crippen LogP contribution in [0.25, 0.3) is 0 Å². The van der Waals surface area contributed by atoms with E-state index < -0.39 is 27.9 Å². The lowest BCUT2D eigenvalue weighted by molar-refractivity contribution is -0.385. The highest BCUT2D eigenvalue weighted by atomic mass is 35.5. The molecule has 6 heterocycles. The van der Waals surface area contributed by atoms with Gasteiger partial charge >= 0.3 is 29.3 Å². The van der Waals surface area contributed by atoms with Gasteiger partial charge in [-0.2, -0.15) is 19.9 Å². The number of likely N-dealkylation sites (N-methyl/N-ethyl adjacent to an activating group) is 1. The van der Waals surface area contributed by atoms with Crippen LogP contribution in [0.1, 0.15) is 122 Å². The molecule has 0 aromatic carbocycles. The standard InChI is InChI=1S/C12H17ClN4O4.C12H17ClN4O.C11H15ClN4O.C8H17NO2.C5H11NO2.C4HCl2N3O2/c1-5-8(11(18)21-4)16(7(2)3)10-9(17(19)20)6-14-12(13)15-10;1-5-8-11(18)16(4)9-6-14-12(13)15-10(9)17(8)7(2)3;1-4-8-10(17)14-7-5-13-11(12)15-9(7)16(8)6(2)3;1-5-7(8(10)11-4)9-6(2)3;1-3-4(6)5(7)8-2;5-3-2(9(10)11)1-7-4(6)8-3/h6-8H,5H2,1-4H3;6-8H,5H2,1-4H3;5-6,8H,4H2,1-3H3,(H,14,17);6-7,9H,5H2,1-4H3;4H,3,6H2,1-2H3;1H. The Bertz CT molecular complexity index is 2900. The van der Waals surface area contributed by atoms with Gasteiger partial charge in [-0.05, 0) is 120 Å². The van der Waals surface area contributed by atoms with Crippen LogP contribution < -0.4 is 36.0 Å². The van der Waals surface area contributed by atoms with Crippen molar-refractivity contribution in [1.29, 1.82) is 0 Å². The molecule has 478 valence electrons. The molecule has 4 aromatic rings. The van der Waals surface area contributed by atoms with Gasteiger partial charge in [0.05, 0.1) is 43.6 Å². The van der Waals surface area contributed by atoms with Crippen LogP contribution in [0.2, 0.25) is 26.3 Å². The highest BCUT2D eigenvalue weighted by Gasteiger charge is 2.39. The molecule has 6 rings (SSSR count). The molecule has 29 nitrogen and oxygen atoms in total. The summed E-state index contributed by atoms with van der Waals surface area (Å²) >= 11 is 28.1. The first-order chi connectivity index (χ1) is 40.3. The predicted octanol–water partition coefficient (Wildman–Crippen LogP) is 8.90. The molecule has 4 aromatic heterocycles. The van der Waals surface area contributed by atoms with E-state index in [1.54, 1.807) is 45.1 Å². The number of amides is 2. The number of ether oxygens (including phenoxy) is 3. The van der Waals surface area contributed by atoms with Gasteiger partial charge in [0.25, 0.3) is 0 Å². The number of nitrogens with two attached hydrogens (primary N) is 1. The number of nitrogens with zero attached hydrogens (tertiary/aromatic N) is 14. The second kappa shape index (κ2) is 37.7. The summed E-state index contributed by atoms with van der Waals surface area (Å²) in [6.07, 6.45) is 8.41. The Kier molecular flexibility index (Phi) is 33.9. The van der Waals surface area contributed by atoms with Gasteiger partial charge in [0.2, 0.25) is 43.9 Å². The lowest BCUT2D eigenvalue weighted by atomic mass is 10.1. The SMILES string of the molecule is CCC(C(=O)OC)N(c1nc(Cl)ncc1[N+](=O)[O-])C(C)C.CCC(N)C(=O)OC.CCC(NC(C)C)C(=O)OC.CCC1C(=O)N(C)c2cnc(Cl)nc2N1C(C)C.CCC1C(=O)Nc2cnc(Cl)nc2N1C(C)C.O=[N+]([O-])c1cnc(Cl)nc1Cl. The van der Waals surface area contributed by atoms with Crippen molar-refractivity contribution < 1.29 is 48.0 Å². The van der Waals surface area contributed by atoms with E-state index in [1.807, 2.05) is 79.0 Å². The molecule has 2 amide bonds. The minimum atomic E-state index is -0.695. The van der Waals surface area contributed by atoms with E-state index in [4.69, 9.17) is 68.5 Å². The van der Waals surface area contributed by atoms with Crippen molar-refractivity contribution in [1.82, 2.24) is 45.2 Å². The Morgan fingerprint density at radius 2 is 1.13 bits per heavy atom. The van der Waals surface area contributed by atoms with E-state index in [-0.39, 0.29) is 103 Å². The third-order valence-electron chi connectivity index (χ3n) is 12.2. The topological polar surface area (TPSA) is 365 Å². The smallest absolute Gasteiger partial charge is 0.329 e. The number of carbonyl (C=O) groups is 5. The molecule has 2 aliphatic rings. The summed E-state index contributed by atoms with van der Waals surface area (Å²) in [6.45, 7) is 25.3. The van der Waals surface area contributed by atoms with Crippen LogP contribution in [0.4, 0.5) is 40.2 Å². The van der Waals surface area contributed by atoms with Crippen LogP contribution in [0.15, 0.2) is 24.8 Å². The average Bonchev–Trinajstić information content (AvgIpc) is 0.914. The summed E-state index contributed by atoms with van der Waals surface area (Å²) in [7, 11) is 5.76. The number of anilines is 5. The number of fused-ring (bicyclic) bond motifs is 2. The zero-order chi connectivity index (χ0) is 66.0. The van der Waals surface area contributed by atoms with Gasteiger partial charge in [-0.25, -0.2) is 24.7 Å². The first-order valence-corrected chi connectivity index (χ1v) is 28.9. The Balaban J connectivity index is 0.000000530. The fourth-order valence-corrected chi connectivity index (χ4v) is 8.93. The van der Waals surface area contributed by atoms with E-state index in [0.29, 0.717) is 36.1 Å². The highest BCUT2D eigenvalue weighted by Crippen LogP contribution is 2.37. The maximum Gasteiger partial charge on any atom is 0.329 e. The number of hydrogen-bond donors (Lipinski definition) is 3. The largest absolute Gasteiger partial charge is 0.468 e. The van der Waals surface area contributed by atoms with Crippen molar-refractivity contribution >= 4 is 128 Å². The normalized spacial score (nSPS) is 14.9. The maximum atomic E-state index is 12.3. The molecule has 86 heavy (non-hydrogen) atoms. The molecule has 0 fully saturated rings. The molecule has 0 saturated carbocycles. The molecule has 0 spiro atoms. The lowest BCUT2D eigenvalue weighted by Crippen LogP contribution is -2.54. The van der Waals surface area contributed by atoms with E-state index in [2.05, 4.69) is 60.0 Å². The van der Waals surface area contributed by atoms with Crippen LogP contribution >= 0.6 is 58.0 Å². The Hall–Kier alpha value is -6.76. The molecule has 0 saturated heterocycles. The third-order valence-corrected chi connectivity index (χ3v) is 13.2. The maximum absolute atomic E-state index is 12.3. The Morgan fingerprint density at radius 1 is 0.663 bits per heavy atom. The number of nitrogens with one attached hydrogen (secondary N) is 2. The number of esters is 3. The zero-order valence-corrected chi connectivity index (χ0v) is 54.9. The summed E-state index contributed by atoms with van der Waals surface area (Å²) in [5, 5.41) is 27.1. The van der Waals surface area contributed by atoms with Crippen molar-refractivity contribution in [2.45, 2.75) is 176 Å². The molecule has 0 aliphatic carbocycles. The molecule has 5 atom stereocenters. The number of aromatic nitrogens is 8. The molecule has 0 radical (unpaired) electrons. The zero-order valence-electron chi connectivity index (χ0n) is 51.2. The highest BCUT2D eigenvalue weighted by molar-refractivity contribution is 6.33. The fourth-order valence-electron chi connectivity index (χ4n) is 8.17. The number of carbonyl (C=O) groups excluding carboxylic acids is 5. The minimum absolute atomic E-state index is 0.00671. The van der Waals surface area contributed by atoms with Gasteiger partial charge in [-0.15, -0.1) is 0 Å². The van der Waals surface area contributed by atoms with Gasteiger partial charge in [-0.1, -0.05) is 60.1 Å². The molecule has 0 bridgehead atoms. The second-order valence-electron chi connectivity index (χ2n) is 19.4. The van der Waals surface area contributed by atoms with Crippen molar-refractivity contribution in [3.05, 3.63) is 71.3 Å². The van der Waals surface area contributed by atoms with Crippen molar-refractivity contribution in [3.63, 3.8) is 0 Å². The Morgan fingerprint density at radius 3 is 1.55 bits per heavy atom. The summed E-state index contributed by atoms with van der Waals surface area (Å²) in [5.41, 5.74) is 5.93. The first-order valence-electron chi connectivity index (χ1n) is 27.0. The molecule has 2 aliphatic heterocycles. The molecular formula is C52H78Cl5N17O12. The number of rotatable bonds is 17. The second-order valence-corrected chi connectivity index (χ2v) is 21.1. The van der Waals surface area contributed by atoms with Crippen molar-refractivity contribution in [3.8, 4) is 0 Å². The summed E-state index contributed by atoms with van der Waals surface area (Å²) in [5.74, 6) is 0.492. The van der Waals surface area contributed by atoms with E-state index in [9.17, 15) is 44.2 Å². The molecular weight excluding hydrogens is 1230 g/mol. The first kappa shape index (κ1) is 77.3. The van der Waals surface area contributed by atoms with Crippen LogP contribution in [-0.4, -0.2) is 162 Å². The van der Waals surface area contributed by atoms with Crippen molar-refractivity contribution in [2.24, 2.45) is 5.73 Å². The average molecular weight is 1310 g/mol. The van der Waals surface area contributed by atoms with Gasteiger partial charge in [0, 0.05) is 31.2 Å². The van der Waals surface area contributed by atoms with E-state index in [0.717, 1.165) is 37.5 Å². The van der Waals surface area contributed by atoms with Gasteiger partial charge in [0.15, 0.2) is 11.6 Å². The number of halogens is 5. The van der Waals surface area contributed by atoms with Gasteiger partial charge in [-0.3, -0.25) is 39.4 Å². The number of nitro groups is 2. The predicted molar refractivity (Wildman–Crippen MR) is 330 cm³/mol. The number of hydrogen-bond acceptors (Lipinski definition) is 25. The monoisotopic (exact) mass is 1310 g/mol. The molecule has 5 unspecified atom stereocenters. The Labute approximate surface area is 525 Å². The molecule has 34 heteroatoms. The number of methoxy groups -OCH3 is 3. The van der Waals surface area contributed by atoms with E-state index >= 15 is 0 Å². The van der Waals surface area contributed by atoms with E-state index in [1.165, 1.54) is 26.2 Å². The third kappa shape index (κ3) is 22.5. The summed E-state index contributed by atoms with van der Waals surface area (Å²) in [4.78, 5) is 115. The van der Waals surface area contributed by atoms with Gasteiger partial charge in [0.1, 0.15) is 54.0 Å². The quantitative estimate of drug-likeness (QED) is 0.0222. The fraction of sp³-hybridized carbons (Fsp3) is 0.596. The minimum Gasteiger partial charge on any atom is -0.468 e. The molecule has 4 N–H and O–H groups in total. The van der Waals surface area contributed by atoms with Crippen LogP contribution in [0, 0.1) is 20.2 Å².